The average Bonchev–Trinajstić information content (AvgIpc) is 2.86. The molecule has 0 unspecified atom stereocenters. The van der Waals surface area contributed by atoms with Gasteiger partial charge in [0.1, 0.15) is 19.0 Å². The van der Waals surface area contributed by atoms with Crippen LogP contribution in [0.4, 0.5) is 0 Å². The third kappa shape index (κ3) is 7.88. The lowest BCUT2D eigenvalue weighted by molar-refractivity contribution is -0.123. The molecule has 33 heavy (non-hydrogen) atoms. The molecule has 0 atom stereocenters. The molecule has 2 aromatic carbocycles. The van der Waals surface area contributed by atoms with Gasteiger partial charge in [-0.25, -0.2) is 4.98 Å². The SMILES string of the molecule is CC=Cc1ccc(OCC(=O)NCc2ccc(OCCOc3ccccc3)nc2)c(OC)c1. The molecule has 172 valence electrons. The zero-order valence-electron chi connectivity index (χ0n) is 18.8. The molecule has 0 fully saturated rings. The Kier molecular flexibility index (Phi) is 9.15. The van der Waals surface area contributed by atoms with Gasteiger partial charge in [-0.05, 0) is 42.3 Å². The normalized spacial score (nSPS) is 10.6. The van der Waals surface area contributed by atoms with Crippen LogP contribution in [0.3, 0.4) is 0 Å². The van der Waals surface area contributed by atoms with Crippen LogP contribution in [0.1, 0.15) is 18.1 Å². The molecular formula is C26H28N2O5. The van der Waals surface area contributed by atoms with Crippen molar-refractivity contribution in [2.75, 3.05) is 26.9 Å². The number of hydrogen-bond donors (Lipinski definition) is 1. The van der Waals surface area contributed by atoms with Crippen LogP contribution in [0.15, 0.2) is 72.9 Å². The molecule has 3 rings (SSSR count). The minimum Gasteiger partial charge on any atom is -0.493 e. The second-order valence-electron chi connectivity index (χ2n) is 6.99. The molecule has 0 spiro atoms. The van der Waals surface area contributed by atoms with E-state index < -0.39 is 0 Å². The lowest BCUT2D eigenvalue weighted by Crippen LogP contribution is -2.28. The Labute approximate surface area is 194 Å². The summed E-state index contributed by atoms with van der Waals surface area (Å²) in [6, 6.07) is 18.7. The van der Waals surface area contributed by atoms with E-state index in [1.807, 2.05) is 67.6 Å². The number of amides is 1. The van der Waals surface area contributed by atoms with E-state index in [1.165, 1.54) is 0 Å². The summed E-state index contributed by atoms with van der Waals surface area (Å²) >= 11 is 0. The van der Waals surface area contributed by atoms with E-state index in [4.69, 9.17) is 18.9 Å². The molecule has 0 saturated carbocycles. The third-order valence-electron chi connectivity index (χ3n) is 4.54. The predicted molar refractivity (Wildman–Crippen MR) is 127 cm³/mol. The summed E-state index contributed by atoms with van der Waals surface area (Å²) in [6.07, 6.45) is 5.57. The van der Waals surface area contributed by atoms with Gasteiger partial charge in [-0.3, -0.25) is 4.79 Å². The maximum Gasteiger partial charge on any atom is 0.258 e. The van der Waals surface area contributed by atoms with E-state index in [0.717, 1.165) is 16.9 Å². The first-order valence-corrected chi connectivity index (χ1v) is 10.6. The van der Waals surface area contributed by atoms with Gasteiger partial charge in [-0.1, -0.05) is 42.5 Å². The Bertz CT molecular complexity index is 1040. The average molecular weight is 449 g/mol. The number of pyridine rings is 1. The van der Waals surface area contributed by atoms with Crippen molar-refractivity contribution < 1.29 is 23.7 Å². The highest BCUT2D eigenvalue weighted by Gasteiger charge is 2.08. The van der Waals surface area contributed by atoms with Crippen LogP contribution < -0.4 is 24.3 Å². The summed E-state index contributed by atoms with van der Waals surface area (Å²) < 4.78 is 22.1. The fourth-order valence-corrected chi connectivity index (χ4v) is 2.92. The molecule has 1 heterocycles. The number of para-hydroxylation sites is 1. The van der Waals surface area contributed by atoms with Crippen molar-refractivity contribution in [3.05, 3.63) is 84.1 Å². The van der Waals surface area contributed by atoms with E-state index in [2.05, 4.69) is 10.3 Å². The highest BCUT2D eigenvalue weighted by Crippen LogP contribution is 2.28. The van der Waals surface area contributed by atoms with Gasteiger partial charge >= 0.3 is 0 Å². The van der Waals surface area contributed by atoms with Crippen LogP contribution in [0, 0.1) is 0 Å². The second-order valence-corrected chi connectivity index (χ2v) is 6.99. The van der Waals surface area contributed by atoms with Crippen molar-refractivity contribution >= 4 is 12.0 Å². The van der Waals surface area contributed by atoms with Crippen LogP contribution in [-0.2, 0) is 11.3 Å². The molecular weight excluding hydrogens is 420 g/mol. The van der Waals surface area contributed by atoms with Gasteiger partial charge in [-0.15, -0.1) is 0 Å². The molecule has 7 nitrogen and oxygen atoms in total. The van der Waals surface area contributed by atoms with Crippen molar-refractivity contribution in [3.63, 3.8) is 0 Å². The first kappa shape index (κ1) is 23.7. The number of methoxy groups -OCH3 is 1. The molecule has 0 aliphatic heterocycles. The number of carbonyl (C=O) groups excluding carboxylic acids is 1. The topological polar surface area (TPSA) is 78.9 Å². The Morgan fingerprint density at radius 1 is 0.970 bits per heavy atom. The highest BCUT2D eigenvalue weighted by atomic mass is 16.5. The van der Waals surface area contributed by atoms with E-state index in [1.54, 1.807) is 25.4 Å². The minimum absolute atomic E-state index is 0.116. The molecule has 1 amide bonds. The minimum atomic E-state index is -0.243. The number of ether oxygens (including phenoxy) is 4. The number of carbonyl (C=O) groups is 1. The third-order valence-corrected chi connectivity index (χ3v) is 4.54. The predicted octanol–water partition coefficient (Wildman–Crippen LogP) is 4.28. The van der Waals surface area contributed by atoms with Crippen LogP contribution >= 0.6 is 0 Å². The van der Waals surface area contributed by atoms with E-state index in [-0.39, 0.29) is 12.5 Å². The fraction of sp³-hybridized carbons (Fsp3) is 0.231. The fourth-order valence-electron chi connectivity index (χ4n) is 2.92. The highest BCUT2D eigenvalue weighted by molar-refractivity contribution is 5.77. The van der Waals surface area contributed by atoms with Crippen LogP contribution in [0.2, 0.25) is 0 Å². The van der Waals surface area contributed by atoms with Gasteiger partial charge in [0.2, 0.25) is 5.88 Å². The summed E-state index contributed by atoms with van der Waals surface area (Å²) in [5, 5.41) is 2.81. The smallest absolute Gasteiger partial charge is 0.258 e. The first-order chi connectivity index (χ1) is 16.2. The molecule has 3 aromatic rings. The number of aromatic nitrogens is 1. The van der Waals surface area contributed by atoms with Gasteiger partial charge in [-0.2, -0.15) is 0 Å². The number of nitrogens with zero attached hydrogens (tertiary/aromatic N) is 1. The molecule has 1 N–H and O–H groups in total. The summed E-state index contributed by atoms with van der Waals surface area (Å²) in [6.45, 7) is 2.97. The quantitative estimate of drug-likeness (QED) is 0.417. The number of nitrogens with one attached hydrogen (secondary N) is 1. The van der Waals surface area contributed by atoms with Crippen LogP contribution in [-0.4, -0.2) is 37.8 Å². The molecule has 0 radical (unpaired) electrons. The number of allylic oxidation sites excluding steroid dienone is 1. The molecule has 0 bridgehead atoms. The van der Waals surface area contributed by atoms with Crippen LogP contribution in [0.5, 0.6) is 23.1 Å². The van der Waals surface area contributed by atoms with Crippen molar-refractivity contribution in [2.24, 2.45) is 0 Å². The zero-order valence-corrected chi connectivity index (χ0v) is 18.8. The first-order valence-electron chi connectivity index (χ1n) is 10.6. The van der Waals surface area contributed by atoms with E-state index >= 15 is 0 Å². The lowest BCUT2D eigenvalue weighted by atomic mass is 10.2. The largest absolute Gasteiger partial charge is 0.493 e. The molecule has 0 saturated heterocycles. The Morgan fingerprint density at radius 3 is 2.52 bits per heavy atom. The van der Waals surface area contributed by atoms with Crippen molar-refractivity contribution in [1.82, 2.24) is 10.3 Å². The van der Waals surface area contributed by atoms with Gasteiger partial charge in [0.15, 0.2) is 18.1 Å². The van der Waals surface area contributed by atoms with Gasteiger partial charge < -0.3 is 24.3 Å². The summed E-state index contributed by atoms with van der Waals surface area (Å²) in [4.78, 5) is 16.4. The summed E-state index contributed by atoms with van der Waals surface area (Å²) in [5.41, 5.74) is 1.85. The van der Waals surface area contributed by atoms with Crippen molar-refractivity contribution in [1.29, 1.82) is 0 Å². The van der Waals surface area contributed by atoms with Crippen molar-refractivity contribution in [3.8, 4) is 23.1 Å². The second kappa shape index (κ2) is 12.8. The maximum absolute atomic E-state index is 12.2. The molecule has 0 aliphatic rings. The summed E-state index contributed by atoms with van der Waals surface area (Å²) in [5.74, 6) is 2.15. The maximum atomic E-state index is 12.2. The van der Waals surface area contributed by atoms with E-state index in [9.17, 15) is 4.79 Å². The Balaban J connectivity index is 1.38. The Morgan fingerprint density at radius 2 is 1.79 bits per heavy atom. The van der Waals surface area contributed by atoms with Gasteiger partial charge in [0, 0.05) is 18.8 Å². The molecule has 7 heteroatoms. The van der Waals surface area contributed by atoms with Crippen LogP contribution in [0.25, 0.3) is 6.08 Å². The van der Waals surface area contributed by atoms with Gasteiger partial charge in [0.05, 0.1) is 7.11 Å². The zero-order chi connectivity index (χ0) is 23.3. The van der Waals surface area contributed by atoms with E-state index in [0.29, 0.717) is 37.1 Å². The lowest BCUT2D eigenvalue weighted by Gasteiger charge is -2.12. The monoisotopic (exact) mass is 448 g/mol. The summed E-state index contributed by atoms with van der Waals surface area (Å²) in [7, 11) is 1.57. The number of hydrogen-bond acceptors (Lipinski definition) is 6. The Hall–Kier alpha value is -4.00. The molecule has 0 aliphatic carbocycles. The standard InChI is InChI=1S/C26H28N2O5/c1-3-7-20-10-12-23(24(16-20)30-2)33-19-25(29)27-17-21-11-13-26(28-18-21)32-15-14-31-22-8-5-4-6-9-22/h3-13,16,18H,14-15,17,19H2,1-2H3,(H,27,29). The number of benzene rings is 2. The van der Waals surface area contributed by atoms with Crippen molar-refractivity contribution in [2.45, 2.75) is 13.5 Å². The van der Waals surface area contributed by atoms with Gasteiger partial charge in [0.25, 0.3) is 5.91 Å². The number of rotatable bonds is 12. The molecule has 1 aromatic heterocycles.